The predicted octanol–water partition coefficient (Wildman–Crippen LogP) is -0.825. The van der Waals surface area contributed by atoms with Crippen LogP contribution in [0.2, 0.25) is 0 Å². The van der Waals surface area contributed by atoms with Gasteiger partial charge in [0, 0.05) is 18.3 Å². The number of carbonyl (C=O) groups excluding carboxylic acids is 1. The maximum absolute atomic E-state index is 12.4. The molecule has 2 fully saturated rings. The third-order valence-electron chi connectivity index (χ3n) is 6.16. The summed E-state index contributed by atoms with van der Waals surface area (Å²) in [4.78, 5) is 12.4. The molecule has 11 heteroatoms. The molecule has 182 valence electrons. The average Bonchev–Trinajstić information content (AvgIpc) is 3.10. The van der Waals surface area contributed by atoms with Gasteiger partial charge >= 0.3 is 5.97 Å². The van der Waals surface area contributed by atoms with Gasteiger partial charge in [0.1, 0.15) is 24.4 Å². The molecule has 4 N–H and O–H groups in total. The standard InChI is InChI=1S/C21H32O11/c1-5-11-12(6-15-29-9(2)10(3)30-15)13(19(26)27-4)8-28-20(11)32-21-18(25)17(24)16(23)14(7-22)31-21/h5,8-12,14-18,20-25H,1,6-7H2,2-4H3/t9-,10+,11-,12+,14+,15?,16+,17-,18+,20+,21-/m1/s1. The number of hydrogen-bond acceptors (Lipinski definition) is 11. The lowest BCUT2D eigenvalue weighted by atomic mass is 9.81. The van der Waals surface area contributed by atoms with Gasteiger partial charge in [0.25, 0.3) is 0 Å². The number of methoxy groups -OCH3 is 1. The van der Waals surface area contributed by atoms with Crippen molar-refractivity contribution in [2.24, 2.45) is 11.8 Å². The van der Waals surface area contributed by atoms with Gasteiger partial charge in [-0.1, -0.05) is 6.08 Å². The number of aliphatic hydroxyl groups excluding tert-OH is 4. The zero-order valence-electron chi connectivity index (χ0n) is 18.3. The summed E-state index contributed by atoms with van der Waals surface area (Å²) >= 11 is 0. The molecule has 32 heavy (non-hydrogen) atoms. The van der Waals surface area contributed by atoms with E-state index in [1.54, 1.807) is 0 Å². The Hall–Kier alpha value is -1.57. The third-order valence-corrected chi connectivity index (χ3v) is 6.16. The Bertz CT molecular complexity index is 685. The summed E-state index contributed by atoms with van der Waals surface area (Å²) in [5.41, 5.74) is 0.241. The van der Waals surface area contributed by atoms with Crippen molar-refractivity contribution < 1.29 is 53.6 Å². The molecule has 0 saturated carbocycles. The first kappa shape index (κ1) is 25.1. The second-order valence-corrected chi connectivity index (χ2v) is 8.17. The normalized spacial score (nSPS) is 44.5. The lowest BCUT2D eigenvalue weighted by Gasteiger charge is -2.43. The maximum Gasteiger partial charge on any atom is 0.337 e. The molecule has 0 radical (unpaired) electrons. The molecule has 0 spiro atoms. The second kappa shape index (κ2) is 10.6. The lowest BCUT2D eigenvalue weighted by molar-refractivity contribution is -0.339. The van der Waals surface area contributed by atoms with Crippen molar-refractivity contribution in [3.8, 4) is 0 Å². The summed E-state index contributed by atoms with van der Waals surface area (Å²) in [5, 5.41) is 39.7. The van der Waals surface area contributed by atoms with Crippen LogP contribution in [-0.4, -0.2) is 95.6 Å². The third kappa shape index (κ3) is 5.00. The minimum absolute atomic E-state index is 0.117. The molecule has 3 aliphatic heterocycles. The van der Waals surface area contributed by atoms with Crippen LogP contribution in [0.4, 0.5) is 0 Å². The number of esters is 1. The quantitative estimate of drug-likeness (QED) is 0.278. The van der Waals surface area contributed by atoms with E-state index < -0.39 is 67.7 Å². The van der Waals surface area contributed by atoms with E-state index in [1.165, 1.54) is 19.4 Å². The first-order valence-electron chi connectivity index (χ1n) is 10.5. The molecule has 3 rings (SSSR count). The smallest absolute Gasteiger partial charge is 0.337 e. The van der Waals surface area contributed by atoms with Crippen LogP contribution in [0, 0.1) is 11.8 Å². The molecule has 3 aliphatic rings. The van der Waals surface area contributed by atoms with Gasteiger partial charge in [-0.25, -0.2) is 4.79 Å². The highest BCUT2D eigenvalue weighted by Gasteiger charge is 2.48. The van der Waals surface area contributed by atoms with Crippen molar-refractivity contribution >= 4 is 5.97 Å². The molecule has 11 atom stereocenters. The van der Waals surface area contributed by atoms with Crippen LogP contribution in [-0.2, 0) is 33.2 Å². The van der Waals surface area contributed by atoms with E-state index in [0.717, 1.165) is 0 Å². The molecule has 0 aromatic heterocycles. The van der Waals surface area contributed by atoms with Gasteiger partial charge < -0.3 is 48.8 Å². The van der Waals surface area contributed by atoms with Crippen LogP contribution >= 0.6 is 0 Å². The second-order valence-electron chi connectivity index (χ2n) is 8.17. The van der Waals surface area contributed by atoms with Crippen LogP contribution in [0.5, 0.6) is 0 Å². The van der Waals surface area contributed by atoms with Crippen molar-refractivity contribution in [3.05, 3.63) is 24.5 Å². The SMILES string of the molecule is C=C[C@H]1[C@H](O[C@H]2O[C@@H](CO)[C@H](O)[C@@H](O)[C@@H]2O)OC=C(C(=O)OC)[C@H]1CC1O[C@@H](C)[C@@H](C)O1. The topological polar surface area (TPSA) is 153 Å². The molecule has 0 aliphatic carbocycles. The van der Waals surface area contributed by atoms with E-state index >= 15 is 0 Å². The van der Waals surface area contributed by atoms with Crippen LogP contribution in [0.3, 0.4) is 0 Å². The van der Waals surface area contributed by atoms with E-state index in [9.17, 15) is 25.2 Å². The van der Waals surface area contributed by atoms with Gasteiger partial charge in [-0.15, -0.1) is 6.58 Å². The number of rotatable bonds is 7. The van der Waals surface area contributed by atoms with Crippen LogP contribution in [0.1, 0.15) is 20.3 Å². The highest BCUT2D eigenvalue weighted by Crippen LogP contribution is 2.39. The molecule has 0 aromatic rings. The summed E-state index contributed by atoms with van der Waals surface area (Å²) in [7, 11) is 1.26. The van der Waals surface area contributed by atoms with Crippen molar-refractivity contribution in [3.63, 3.8) is 0 Å². The van der Waals surface area contributed by atoms with E-state index in [0.29, 0.717) is 0 Å². The summed E-state index contributed by atoms with van der Waals surface area (Å²) in [5.74, 6) is -1.72. The van der Waals surface area contributed by atoms with E-state index in [2.05, 4.69) is 6.58 Å². The molecule has 0 bridgehead atoms. The summed E-state index contributed by atoms with van der Waals surface area (Å²) in [6.07, 6.45) is -6.11. The Morgan fingerprint density at radius 1 is 1.09 bits per heavy atom. The van der Waals surface area contributed by atoms with Crippen molar-refractivity contribution in [1.29, 1.82) is 0 Å². The zero-order chi connectivity index (χ0) is 23.6. The summed E-state index contributed by atoms with van der Waals surface area (Å²) < 4.78 is 33.3. The largest absolute Gasteiger partial charge is 0.471 e. The molecule has 1 unspecified atom stereocenters. The van der Waals surface area contributed by atoms with Crippen molar-refractivity contribution in [2.45, 2.75) is 75.8 Å². The Morgan fingerprint density at radius 2 is 1.75 bits per heavy atom. The van der Waals surface area contributed by atoms with Gasteiger partial charge in [-0.2, -0.15) is 0 Å². The molecule has 2 saturated heterocycles. The van der Waals surface area contributed by atoms with Crippen LogP contribution in [0.15, 0.2) is 24.5 Å². The van der Waals surface area contributed by atoms with Gasteiger partial charge in [-0.05, 0) is 13.8 Å². The number of aliphatic hydroxyl groups is 4. The first-order valence-corrected chi connectivity index (χ1v) is 10.5. The van der Waals surface area contributed by atoms with Crippen LogP contribution < -0.4 is 0 Å². The number of hydrogen-bond donors (Lipinski definition) is 4. The Kier molecular flexibility index (Phi) is 8.28. The Morgan fingerprint density at radius 3 is 2.31 bits per heavy atom. The predicted molar refractivity (Wildman–Crippen MR) is 107 cm³/mol. The van der Waals surface area contributed by atoms with Crippen molar-refractivity contribution in [1.82, 2.24) is 0 Å². The van der Waals surface area contributed by atoms with Gasteiger partial charge in [0.15, 0.2) is 12.6 Å². The highest BCUT2D eigenvalue weighted by molar-refractivity contribution is 5.88. The van der Waals surface area contributed by atoms with Crippen molar-refractivity contribution in [2.75, 3.05) is 13.7 Å². The molecule has 0 aromatic carbocycles. The molecule has 3 heterocycles. The average molecular weight is 460 g/mol. The molecular formula is C21H32O11. The summed E-state index contributed by atoms with van der Waals surface area (Å²) in [6, 6.07) is 0. The lowest BCUT2D eigenvalue weighted by Crippen LogP contribution is -2.60. The number of carbonyl (C=O) groups is 1. The molecule has 11 nitrogen and oxygen atoms in total. The molecule has 0 amide bonds. The van der Waals surface area contributed by atoms with E-state index in [1.807, 2.05) is 13.8 Å². The van der Waals surface area contributed by atoms with Gasteiger partial charge in [0.2, 0.25) is 6.29 Å². The fraction of sp³-hybridized carbons (Fsp3) is 0.762. The fourth-order valence-electron chi connectivity index (χ4n) is 4.08. The maximum atomic E-state index is 12.4. The Balaban J connectivity index is 1.80. The highest BCUT2D eigenvalue weighted by atomic mass is 16.8. The monoisotopic (exact) mass is 460 g/mol. The van der Waals surface area contributed by atoms with E-state index in [-0.39, 0.29) is 24.2 Å². The number of ether oxygens (including phenoxy) is 6. The van der Waals surface area contributed by atoms with Crippen LogP contribution in [0.25, 0.3) is 0 Å². The Labute approximate surface area is 186 Å². The van der Waals surface area contributed by atoms with E-state index in [4.69, 9.17) is 28.4 Å². The first-order chi connectivity index (χ1) is 15.2. The fourth-order valence-corrected chi connectivity index (χ4v) is 4.08. The summed E-state index contributed by atoms with van der Waals surface area (Å²) in [6.45, 7) is 7.01. The zero-order valence-corrected chi connectivity index (χ0v) is 18.3. The minimum atomic E-state index is -1.60. The minimum Gasteiger partial charge on any atom is -0.471 e. The van der Waals surface area contributed by atoms with Gasteiger partial charge in [0.05, 0.1) is 37.8 Å². The van der Waals surface area contributed by atoms with Gasteiger partial charge in [-0.3, -0.25) is 0 Å². The molecular weight excluding hydrogens is 428 g/mol.